The molecule has 4 nitrogen and oxygen atoms in total. The number of hydrogen-bond donors (Lipinski definition) is 2. The van der Waals surface area contributed by atoms with Gasteiger partial charge in [0.25, 0.3) is 0 Å². The zero-order chi connectivity index (χ0) is 16.9. The first-order chi connectivity index (χ1) is 11.7. The number of hydrogen-bond acceptors (Lipinski definition) is 4. The summed E-state index contributed by atoms with van der Waals surface area (Å²) < 4.78 is 5.19. The second-order valence-electron chi connectivity index (χ2n) is 6.40. The van der Waals surface area contributed by atoms with Crippen molar-refractivity contribution in [1.29, 1.82) is 0 Å². The lowest BCUT2D eigenvalue weighted by molar-refractivity contribution is 0.145. The predicted molar refractivity (Wildman–Crippen MR) is 98.9 cm³/mol. The second kappa shape index (κ2) is 7.58. The zero-order valence-electron chi connectivity index (χ0n) is 14.4. The fraction of sp³-hybridized carbons (Fsp3) is 0.400. The number of methoxy groups -OCH3 is 1. The lowest BCUT2D eigenvalue weighted by Gasteiger charge is -2.31. The highest BCUT2D eigenvalue weighted by Gasteiger charge is 2.17. The van der Waals surface area contributed by atoms with Crippen molar-refractivity contribution in [2.75, 3.05) is 30.4 Å². The Balaban J connectivity index is 1.61. The van der Waals surface area contributed by atoms with Gasteiger partial charge in [-0.05, 0) is 61.7 Å². The molecule has 0 bridgehead atoms. The van der Waals surface area contributed by atoms with Crippen molar-refractivity contribution >= 4 is 11.4 Å². The summed E-state index contributed by atoms with van der Waals surface area (Å²) in [6, 6.07) is 16.9. The minimum atomic E-state index is -0.130. The highest BCUT2D eigenvalue weighted by atomic mass is 16.5. The molecular weight excluding hydrogens is 300 g/mol. The monoisotopic (exact) mass is 326 g/mol. The maximum atomic E-state index is 9.62. The van der Waals surface area contributed by atoms with Gasteiger partial charge in [0.15, 0.2) is 0 Å². The van der Waals surface area contributed by atoms with E-state index in [1.54, 1.807) is 7.11 Å². The topological polar surface area (TPSA) is 44.7 Å². The molecule has 2 aromatic rings. The number of ether oxygens (including phenoxy) is 1. The van der Waals surface area contributed by atoms with Crippen LogP contribution in [0.3, 0.4) is 0 Å². The molecule has 2 aromatic carbocycles. The molecule has 0 aromatic heterocycles. The number of nitrogens with zero attached hydrogens (tertiary/aromatic N) is 1. The number of aliphatic hydroxyl groups excluding tert-OH is 1. The summed E-state index contributed by atoms with van der Waals surface area (Å²) in [5.74, 6) is 0.865. The van der Waals surface area contributed by atoms with Crippen molar-refractivity contribution in [1.82, 2.24) is 0 Å². The van der Waals surface area contributed by atoms with E-state index in [2.05, 4.69) is 41.4 Å². The van der Waals surface area contributed by atoms with Gasteiger partial charge in [-0.2, -0.15) is 0 Å². The maximum absolute atomic E-state index is 9.62. The summed E-state index contributed by atoms with van der Waals surface area (Å²) in [7, 11) is 1.68. The van der Waals surface area contributed by atoms with E-state index < -0.39 is 0 Å². The zero-order valence-corrected chi connectivity index (χ0v) is 14.4. The molecule has 0 spiro atoms. The Morgan fingerprint density at radius 2 is 1.67 bits per heavy atom. The smallest absolute Gasteiger partial charge is 0.119 e. The normalized spacial score (nSPS) is 16.7. The predicted octanol–water partition coefficient (Wildman–Crippen LogP) is 3.83. The Bertz CT molecular complexity index is 632. The van der Waals surface area contributed by atoms with Gasteiger partial charge in [-0.3, -0.25) is 0 Å². The van der Waals surface area contributed by atoms with Gasteiger partial charge in [-0.15, -0.1) is 0 Å². The molecule has 128 valence electrons. The number of anilines is 2. The molecule has 1 heterocycles. The molecule has 4 heteroatoms. The first kappa shape index (κ1) is 16.7. The Morgan fingerprint density at radius 3 is 2.25 bits per heavy atom. The van der Waals surface area contributed by atoms with Crippen LogP contribution in [0, 0.1) is 0 Å². The van der Waals surface area contributed by atoms with E-state index in [1.807, 2.05) is 24.3 Å². The minimum Gasteiger partial charge on any atom is -0.497 e. The van der Waals surface area contributed by atoms with Crippen LogP contribution < -0.4 is 15.0 Å². The Labute approximate surface area is 144 Å². The third-order valence-electron chi connectivity index (χ3n) is 4.70. The summed E-state index contributed by atoms with van der Waals surface area (Å²) in [5, 5.41) is 13.1. The van der Waals surface area contributed by atoms with Gasteiger partial charge in [0.05, 0.1) is 13.2 Å². The lowest BCUT2D eigenvalue weighted by atomic mass is 10.0. The van der Waals surface area contributed by atoms with Crippen LogP contribution in [-0.2, 0) is 0 Å². The van der Waals surface area contributed by atoms with Crippen LogP contribution in [0.1, 0.15) is 31.4 Å². The molecule has 1 unspecified atom stereocenters. The summed E-state index contributed by atoms with van der Waals surface area (Å²) in [4.78, 5) is 2.35. The molecule has 2 N–H and O–H groups in total. The molecule has 1 fully saturated rings. The van der Waals surface area contributed by atoms with Crippen molar-refractivity contribution in [3.8, 4) is 5.75 Å². The fourth-order valence-corrected chi connectivity index (χ4v) is 3.12. The molecular formula is C20H26N2O2. The maximum Gasteiger partial charge on any atom is 0.119 e. The highest BCUT2D eigenvalue weighted by Crippen LogP contribution is 2.25. The largest absolute Gasteiger partial charge is 0.497 e. The molecule has 3 rings (SSSR count). The van der Waals surface area contributed by atoms with Crippen molar-refractivity contribution in [2.24, 2.45) is 0 Å². The van der Waals surface area contributed by atoms with Crippen molar-refractivity contribution in [2.45, 2.75) is 31.9 Å². The van der Waals surface area contributed by atoms with Gasteiger partial charge in [0, 0.05) is 30.5 Å². The van der Waals surface area contributed by atoms with Crippen LogP contribution in [0.4, 0.5) is 11.4 Å². The minimum absolute atomic E-state index is 0.130. The summed E-state index contributed by atoms with van der Waals surface area (Å²) in [5.41, 5.74) is 3.58. The lowest BCUT2D eigenvalue weighted by Crippen LogP contribution is -2.35. The van der Waals surface area contributed by atoms with Gasteiger partial charge in [-0.1, -0.05) is 12.1 Å². The third-order valence-corrected chi connectivity index (χ3v) is 4.70. The SMILES string of the molecule is COc1ccc(NC(C)c2ccc(N3CCC(O)CC3)cc2)cc1. The van der Waals surface area contributed by atoms with Crippen LogP contribution in [0.15, 0.2) is 48.5 Å². The van der Waals surface area contributed by atoms with Crippen LogP contribution >= 0.6 is 0 Å². The molecule has 1 aliphatic heterocycles. The Hall–Kier alpha value is -2.20. The molecule has 1 saturated heterocycles. The molecule has 0 aliphatic carbocycles. The van der Waals surface area contributed by atoms with E-state index in [-0.39, 0.29) is 12.1 Å². The van der Waals surface area contributed by atoms with Crippen molar-refractivity contribution < 1.29 is 9.84 Å². The van der Waals surface area contributed by atoms with E-state index in [4.69, 9.17) is 4.74 Å². The summed E-state index contributed by atoms with van der Waals surface area (Å²) in [6.45, 7) is 4.02. The summed E-state index contributed by atoms with van der Waals surface area (Å²) in [6.07, 6.45) is 1.59. The summed E-state index contributed by atoms with van der Waals surface area (Å²) >= 11 is 0. The van der Waals surface area contributed by atoms with Crippen LogP contribution in [-0.4, -0.2) is 31.4 Å². The average molecular weight is 326 g/mol. The van der Waals surface area contributed by atoms with E-state index in [0.717, 1.165) is 37.4 Å². The van der Waals surface area contributed by atoms with E-state index in [0.29, 0.717) is 0 Å². The van der Waals surface area contributed by atoms with E-state index in [9.17, 15) is 5.11 Å². The molecule has 0 amide bonds. The van der Waals surface area contributed by atoms with Gasteiger partial charge in [0.2, 0.25) is 0 Å². The second-order valence-corrected chi connectivity index (χ2v) is 6.40. The van der Waals surface area contributed by atoms with E-state index >= 15 is 0 Å². The Morgan fingerprint density at radius 1 is 1.04 bits per heavy atom. The van der Waals surface area contributed by atoms with Gasteiger partial charge < -0.3 is 20.1 Å². The number of benzene rings is 2. The molecule has 1 atom stereocenters. The van der Waals surface area contributed by atoms with Crippen molar-refractivity contribution in [3.05, 3.63) is 54.1 Å². The highest BCUT2D eigenvalue weighted by molar-refractivity contribution is 5.51. The van der Waals surface area contributed by atoms with Crippen LogP contribution in [0.5, 0.6) is 5.75 Å². The quantitative estimate of drug-likeness (QED) is 0.876. The Kier molecular flexibility index (Phi) is 5.26. The number of piperidine rings is 1. The molecule has 0 radical (unpaired) electrons. The molecule has 1 aliphatic rings. The number of nitrogens with one attached hydrogen (secondary N) is 1. The van der Waals surface area contributed by atoms with Gasteiger partial charge in [-0.25, -0.2) is 0 Å². The standard InChI is InChI=1S/C20H26N2O2/c1-15(21-17-5-9-20(24-2)10-6-17)16-3-7-18(8-4-16)22-13-11-19(23)12-14-22/h3-10,15,19,21,23H,11-14H2,1-2H3. The van der Waals surface area contributed by atoms with Crippen LogP contribution in [0.25, 0.3) is 0 Å². The van der Waals surface area contributed by atoms with Gasteiger partial charge in [0.1, 0.15) is 5.75 Å². The van der Waals surface area contributed by atoms with Crippen LogP contribution in [0.2, 0.25) is 0 Å². The van der Waals surface area contributed by atoms with Crippen molar-refractivity contribution in [3.63, 3.8) is 0 Å². The molecule has 0 saturated carbocycles. The third kappa shape index (κ3) is 4.01. The first-order valence-corrected chi connectivity index (χ1v) is 8.59. The number of rotatable bonds is 5. The van der Waals surface area contributed by atoms with E-state index in [1.165, 1.54) is 11.3 Å². The number of aliphatic hydroxyl groups is 1. The first-order valence-electron chi connectivity index (χ1n) is 8.59. The van der Waals surface area contributed by atoms with Gasteiger partial charge >= 0.3 is 0 Å². The molecule has 24 heavy (non-hydrogen) atoms. The fourth-order valence-electron chi connectivity index (χ4n) is 3.12. The average Bonchev–Trinajstić information content (AvgIpc) is 2.63.